The third-order valence-corrected chi connectivity index (χ3v) is 2.91. The van der Waals surface area contributed by atoms with E-state index in [0.29, 0.717) is 16.9 Å². The lowest BCUT2D eigenvalue weighted by Gasteiger charge is -2.17. The Kier molecular flexibility index (Phi) is 5.09. The molecule has 8 heteroatoms. The largest absolute Gasteiger partial charge is 0.431 e. The fourth-order valence-corrected chi connectivity index (χ4v) is 2.08. The zero-order valence-electron chi connectivity index (χ0n) is 12.0. The van der Waals surface area contributed by atoms with Crippen LogP contribution < -0.4 is 28.8 Å². The van der Waals surface area contributed by atoms with E-state index in [0.717, 1.165) is 5.69 Å². The summed E-state index contributed by atoms with van der Waals surface area (Å²) in [6.07, 6.45) is 0. The molecule has 3 rings (SSSR count). The fourth-order valence-electron chi connectivity index (χ4n) is 2.08. The Balaban J connectivity index is 0.000000338. The molecule has 0 atom stereocenters. The van der Waals surface area contributed by atoms with Gasteiger partial charge in [0.1, 0.15) is 5.39 Å². The number of nitrogens with zero attached hydrogens (tertiary/aromatic N) is 1. The van der Waals surface area contributed by atoms with Gasteiger partial charge in [0.05, 0.1) is 6.92 Å². The molecule has 0 unspecified atom stereocenters. The molecule has 120 valence electrons. The predicted octanol–water partition coefficient (Wildman–Crippen LogP) is -2.38. The second-order valence-electron chi connectivity index (χ2n) is 4.47. The maximum Gasteiger partial charge on any atom is 0.431 e. The Bertz CT molecular complexity index is 851. The first-order chi connectivity index (χ1) is 10.8. The summed E-state index contributed by atoms with van der Waals surface area (Å²) in [5.74, 6) is 0.574. The van der Waals surface area contributed by atoms with Crippen molar-refractivity contribution in [2.75, 3.05) is 0 Å². The van der Waals surface area contributed by atoms with Crippen LogP contribution >= 0.6 is 0 Å². The van der Waals surface area contributed by atoms with E-state index in [2.05, 4.69) is 0 Å². The lowest BCUT2D eigenvalue weighted by molar-refractivity contribution is -2.00. The third-order valence-electron chi connectivity index (χ3n) is 2.91. The van der Waals surface area contributed by atoms with Gasteiger partial charge >= 0.3 is 11.4 Å². The topological polar surface area (TPSA) is 126 Å². The molecule has 0 aliphatic rings. The summed E-state index contributed by atoms with van der Waals surface area (Å²) >= 11 is 0. The maximum atomic E-state index is 12.5. The van der Waals surface area contributed by atoms with E-state index in [4.69, 9.17) is 23.1 Å². The van der Waals surface area contributed by atoms with E-state index in [1.54, 1.807) is 23.6 Å². The lowest BCUT2D eigenvalue weighted by Crippen LogP contribution is -2.68. The number of para-hydroxylation sites is 2. The van der Waals surface area contributed by atoms with Gasteiger partial charge in [-0.05, 0) is 12.1 Å². The molecule has 3 aromatic rings. The summed E-state index contributed by atoms with van der Waals surface area (Å²) in [6, 6.07) is 16.8. The van der Waals surface area contributed by atoms with Gasteiger partial charge in [0.15, 0.2) is 5.58 Å². The molecule has 0 saturated carbocycles. The second kappa shape index (κ2) is 6.86. The van der Waals surface area contributed by atoms with Crippen LogP contribution in [0.15, 0.2) is 63.8 Å². The van der Waals surface area contributed by atoms with Gasteiger partial charge in [-0.25, -0.2) is 23.4 Å². The summed E-state index contributed by atoms with van der Waals surface area (Å²) in [7, 11) is -4.94. The minimum absolute atomic E-state index is 0.0550. The van der Waals surface area contributed by atoms with Gasteiger partial charge in [-0.15, -0.1) is 10.2 Å². The van der Waals surface area contributed by atoms with Crippen molar-refractivity contribution < 1.29 is 37.9 Å². The van der Waals surface area contributed by atoms with Gasteiger partial charge < -0.3 is 4.42 Å². The van der Waals surface area contributed by atoms with Crippen LogP contribution in [0.4, 0.5) is 0 Å². The minimum Gasteiger partial charge on any atom is -0.407 e. The Labute approximate surface area is 133 Å². The van der Waals surface area contributed by atoms with Crippen LogP contribution in [-0.2, 0) is 0 Å². The van der Waals surface area contributed by atoms with Crippen LogP contribution in [0, 0.1) is 17.2 Å². The van der Waals surface area contributed by atoms with Crippen LogP contribution in [0.1, 0.15) is 5.89 Å². The average molecular weight is 338 g/mol. The SMILES string of the molecule is Cc1oc2ccccc2c(=O)[n+]1-c1ccccc1.[O-][Cl+3]([O-])([O-])[O-]. The highest BCUT2D eigenvalue weighted by atomic mass is 35.7. The molecule has 1 aromatic heterocycles. The van der Waals surface area contributed by atoms with Crippen LogP contribution in [0.3, 0.4) is 0 Å². The molecule has 0 spiro atoms. The van der Waals surface area contributed by atoms with Crippen molar-refractivity contribution in [1.82, 2.24) is 0 Å². The molecular weight excluding hydrogens is 326 g/mol. The Morgan fingerprint density at radius 3 is 2.04 bits per heavy atom. The summed E-state index contributed by atoms with van der Waals surface area (Å²) < 4.78 is 41.2. The van der Waals surface area contributed by atoms with Crippen molar-refractivity contribution in [3.8, 4) is 5.69 Å². The first-order valence-electron chi connectivity index (χ1n) is 6.39. The van der Waals surface area contributed by atoms with Gasteiger partial charge in [0, 0.05) is 12.1 Å². The summed E-state index contributed by atoms with van der Waals surface area (Å²) in [5, 5.41) is 0.590. The lowest BCUT2D eigenvalue weighted by atomic mass is 10.2. The summed E-state index contributed by atoms with van der Waals surface area (Å²) in [5.41, 5.74) is 1.38. The third kappa shape index (κ3) is 4.59. The number of rotatable bonds is 1. The van der Waals surface area contributed by atoms with Crippen LogP contribution in [0.25, 0.3) is 16.7 Å². The summed E-state index contributed by atoms with van der Waals surface area (Å²) in [4.78, 5) is 12.5. The van der Waals surface area contributed by atoms with Crippen molar-refractivity contribution in [2.24, 2.45) is 0 Å². The quantitative estimate of drug-likeness (QED) is 0.456. The van der Waals surface area contributed by atoms with Gasteiger partial charge in [0.2, 0.25) is 5.69 Å². The molecule has 2 aromatic carbocycles. The Morgan fingerprint density at radius 1 is 0.913 bits per heavy atom. The van der Waals surface area contributed by atoms with E-state index in [-0.39, 0.29) is 5.56 Å². The van der Waals surface area contributed by atoms with Crippen molar-refractivity contribution in [3.63, 3.8) is 0 Å². The zero-order chi connectivity index (χ0) is 17.0. The van der Waals surface area contributed by atoms with Crippen LogP contribution in [0.5, 0.6) is 0 Å². The van der Waals surface area contributed by atoms with E-state index in [1.807, 2.05) is 42.5 Å². The first-order valence-corrected chi connectivity index (χ1v) is 7.62. The zero-order valence-corrected chi connectivity index (χ0v) is 12.7. The molecule has 0 aliphatic heterocycles. The van der Waals surface area contributed by atoms with E-state index < -0.39 is 10.2 Å². The molecule has 0 amide bonds. The van der Waals surface area contributed by atoms with Gasteiger partial charge in [-0.3, -0.25) is 0 Å². The minimum atomic E-state index is -4.94. The Morgan fingerprint density at radius 2 is 1.43 bits per heavy atom. The second-order valence-corrected chi connectivity index (χ2v) is 5.23. The monoisotopic (exact) mass is 337 g/mol. The average Bonchev–Trinajstić information content (AvgIpc) is 2.47. The van der Waals surface area contributed by atoms with Gasteiger partial charge in [-0.2, -0.15) is 0 Å². The highest BCUT2D eigenvalue weighted by molar-refractivity contribution is 5.74. The van der Waals surface area contributed by atoms with Crippen LogP contribution in [-0.4, -0.2) is 0 Å². The number of hydrogen-bond donors (Lipinski definition) is 0. The van der Waals surface area contributed by atoms with Gasteiger partial charge in [0.25, 0.3) is 0 Å². The van der Waals surface area contributed by atoms with E-state index >= 15 is 0 Å². The smallest absolute Gasteiger partial charge is 0.407 e. The number of aryl methyl sites for hydroxylation is 1. The fraction of sp³-hybridized carbons (Fsp3) is 0.0667. The number of halogens is 1. The predicted molar refractivity (Wildman–Crippen MR) is 68.8 cm³/mol. The van der Waals surface area contributed by atoms with Crippen molar-refractivity contribution >= 4 is 11.0 Å². The molecule has 23 heavy (non-hydrogen) atoms. The molecular formula is C15H12ClNO6. The maximum absolute atomic E-state index is 12.5. The molecule has 7 nitrogen and oxygen atoms in total. The molecule has 0 saturated heterocycles. The standard InChI is InChI=1S/C15H12NO2.ClHO4/c1-11-16(12-7-3-2-4-8-12)15(17)13-9-5-6-10-14(13)18-11;2-1(3,4)5/h2-10H,1H3;(H,2,3,4,5)/q+1;/p-1. The molecule has 0 aliphatic carbocycles. The molecule has 1 heterocycles. The first kappa shape index (κ1) is 17.1. The number of aromatic nitrogens is 1. The summed E-state index contributed by atoms with van der Waals surface area (Å²) in [6.45, 7) is 1.79. The highest BCUT2D eigenvalue weighted by Gasteiger charge is 2.20. The van der Waals surface area contributed by atoms with Gasteiger partial charge in [-0.1, -0.05) is 34.9 Å². The molecule has 0 N–H and O–H groups in total. The number of benzene rings is 2. The van der Waals surface area contributed by atoms with Crippen molar-refractivity contribution in [3.05, 3.63) is 70.8 Å². The van der Waals surface area contributed by atoms with E-state index in [1.165, 1.54) is 0 Å². The van der Waals surface area contributed by atoms with Crippen molar-refractivity contribution in [2.45, 2.75) is 6.92 Å². The molecule has 0 fully saturated rings. The van der Waals surface area contributed by atoms with E-state index in [9.17, 15) is 4.79 Å². The molecule has 0 bridgehead atoms. The number of hydrogen-bond acceptors (Lipinski definition) is 6. The molecule has 0 radical (unpaired) electrons. The van der Waals surface area contributed by atoms with Crippen LogP contribution in [0.2, 0.25) is 0 Å². The number of fused-ring (bicyclic) bond motifs is 1. The van der Waals surface area contributed by atoms with Crippen molar-refractivity contribution in [1.29, 1.82) is 0 Å². The Hall–Kier alpha value is -2.29. The highest BCUT2D eigenvalue weighted by Crippen LogP contribution is 2.10. The normalized spacial score (nSPS) is 11.0.